The second kappa shape index (κ2) is 18.8. The smallest absolute Gasteiger partial charge is 0.135 e. The summed E-state index contributed by atoms with van der Waals surface area (Å²) in [6.07, 6.45) is 0. The molecule has 0 radical (unpaired) electrons. The third-order valence-corrected chi connectivity index (χ3v) is 16.7. The third kappa shape index (κ3) is 7.31. The second-order valence-electron chi connectivity index (χ2n) is 21.1. The van der Waals surface area contributed by atoms with E-state index >= 15 is 0 Å². The lowest BCUT2D eigenvalue weighted by Gasteiger charge is -2.36. The molecule has 0 saturated heterocycles. The highest BCUT2D eigenvalue weighted by Gasteiger charge is 2.48. The molecule has 15 aromatic rings. The van der Waals surface area contributed by atoms with E-state index in [0.29, 0.717) is 0 Å². The zero-order chi connectivity index (χ0) is 53.4. The Balaban J connectivity index is 0.954. The maximum Gasteiger partial charge on any atom is 0.135 e. The molecule has 81 heavy (non-hydrogen) atoms. The first-order valence-electron chi connectivity index (χ1n) is 27.7. The Morgan fingerprint density at radius 2 is 0.679 bits per heavy atom. The number of anilines is 6. The van der Waals surface area contributed by atoms with Crippen LogP contribution in [0.5, 0.6) is 0 Å². The first kappa shape index (κ1) is 46.4. The Bertz CT molecular complexity index is 4850. The number of fused-ring (bicyclic) bond motifs is 11. The van der Waals surface area contributed by atoms with E-state index in [9.17, 15) is 0 Å². The number of hydrogen-bond acceptors (Lipinski definition) is 4. The minimum absolute atomic E-state index is 0.771. The molecule has 0 N–H and O–H groups in total. The number of rotatable bonds is 10. The predicted molar refractivity (Wildman–Crippen MR) is 336 cm³/mol. The number of benzene rings is 13. The molecule has 2 aromatic heterocycles. The zero-order valence-electron chi connectivity index (χ0n) is 44.1. The minimum Gasteiger partial charge on any atom is -0.456 e. The van der Waals surface area contributed by atoms with Crippen LogP contribution in [0.3, 0.4) is 0 Å². The molecule has 0 atom stereocenters. The standard InChI is InChI=1S/C77H50N2O2/c1-5-23-53(24-6-1)77(54-25-7-2-8-26-54)67-49-57(78(55-27-9-3-10-28-55)69-37-19-15-31-58(69)51-41-45-74-65(47-51)61-34-17-21-39-72(61)80-74)43-44-64(67)76-63-36-14-13-33-60(63)71(50-68(76)77)79(56-29-11-4-12-30-56)70-38-20-16-32-59(70)52-42-46-75-66(48-52)62-35-18-22-40-73(62)81-75/h1-50H. The van der Waals surface area contributed by atoms with Gasteiger partial charge < -0.3 is 18.6 Å². The molecule has 4 nitrogen and oxygen atoms in total. The molecule has 0 unspecified atom stereocenters. The lowest BCUT2D eigenvalue weighted by Crippen LogP contribution is -2.29. The van der Waals surface area contributed by atoms with Gasteiger partial charge in [-0.3, -0.25) is 0 Å². The quantitative estimate of drug-likeness (QED) is 0.137. The number of hydrogen-bond donors (Lipinski definition) is 0. The molecule has 2 heterocycles. The fraction of sp³-hybridized carbons (Fsp3) is 0.0130. The molecule has 0 fully saturated rings. The van der Waals surface area contributed by atoms with Gasteiger partial charge in [-0.25, -0.2) is 0 Å². The van der Waals surface area contributed by atoms with Crippen molar-refractivity contribution in [1.82, 2.24) is 0 Å². The summed E-state index contributed by atoms with van der Waals surface area (Å²) in [6.45, 7) is 0. The van der Waals surface area contributed by atoms with Crippen LogP contribution >= 0.6 is 0 Å². The van der Waals surface area contributed by atoms with Gasteiger partial charge in [0.25, 0.3) is 0 Å². The van der Waals surface area contributed by atoms with Crippen LogP contribution in [0.15, 0.2) is 312 Å². The van der Waals surface area contributed by atoms with E-state index in [-0.39, 0.29) is 0 Å². The van der Waals surface area contributed by atoms with Crippen molar-refractivity contribution < 1.29 is 8.83 Å². The van der Waals surface area contributed by atoms with Crippen LogP contribution in [0, 0.1) is 0 Å². The molecule has 16 rings (SSSR count). The molecule has 13 aromatic carbocycles. The summed E-state index contributed by atoms with van der Waals surface area (Å²) in [5.41, 5.74) is 20.9. The van der Waals surface area contributed by atoms with Crippen molar-refractivity contribution in [1.29, 1.82) is 0 Å². The SMILES string of the molecule is c1ccc(N(c2ccc3c(c2)C(c2ccccc2)(c2ccccc2)c2cc(N(c4ccccc4)c4ccccc4-c4ccc5oc6ccccc6c5c4)c4ccccc4c2-3)c2ccccc2-c2ccc3oc4ccccc4c3c2)cc1. The summed E-state index contributed by atoms with van der Waals surface area (Å²) < 4.78 is 12.7. The Labute approximate surface area is 469 Å². The third-order valence-electron chi connectivity index (χ3n) is 16.7. The van der Waals surface area contributed by atoms with Crippen LogP contribution in [-0.2, 0) is 5.41 Å². The predicted octanol–water partition coefficient (Wildman–Crippen LogP) is 21.3. The van der Waals surface area contributed by atoms with Crippen molar-refractivity contribution in [2.24, 2.45) is 0 Å². The summed E-state index contributed by atoms with van der Waals surface area (Å²) in [5.74, 6) is 0. The van der Waals surface area contributed by atoms with E-state index < -0.39 is 5.41 Å². The fourth-order valence-corrected chi connectivity index (χ4v) is 13.2. The van der Waals surface area contributed by atoms with Gasteiger partial charge in [0, 0.05) is 55.1 Å². The van der Waals surface area contributed by atoms with Gasteiger partial charge >= 0.3 is 0 Å². The van der Waals surface area contributed by atoms with Gasteiger partial charge in [0.1, 0.15) is 22.3 Å². The largest absolute Gasteiger partial charge is 0.456 e. The number of para-hydroxylation sites is 6. The molecule has 1 aliphatic rings. The summed E-state index contributed by atoms with van der Waals surface area (Å²) in [4.78, 5) is 4.93. The van der Waals surface area contributed by atoms with Crippen LogP contribution in [0.25, 0.3) is 88.0 Å². The molecule has 4 heteroatoms. The molecular formula is C77H50N2O2. The van der Waals surface area contributed by atoms with E-state index in [1.54, 1.807) is 0 Å². The normalized spacial score (nSPS) is 12.5. The highest BCUT2D eigenvalue weighted by Crippen LogP contribution is 2.61. The summed E-state index contributed by atoms with van der Waals surface area (Å²) in [5, 5.41) is 6.74. The highest BCUT2D eigenvalue weighted by atomic mass is 16.3. The average Bonchev–Trinajstić information content (AvgIpc) is 3.86. The summed E-state index contributed by atoms with van der Waals surface area (Å²) in [7, 11) is 0. The van der Waals surface area contributed by atoms with E-state index in [1.807, 2.05) is 24.3 Å². The average molecular weight is 1040 g/mol. The Morgan fingerprint density at radius 1 is 0.247 bits per heavy atom. The Hall–Kier alpha value is -10.7. The van der Waals surface area contributed by atoms with Gasteiger partial charge in [0.05, 0.1) is 22.5 Å². The van der Waals surface area contributed by atoms with Crippen LogP contribution in [0.2, 0.25) is 0 Å². The summed E-state index contributed by atoms with van der Waals surface area (Å²) in [6, 6.07) is 110. The first-order valence-corrected chi connectivity index (χ1v) is 27.7. The molecule has 0 amide bonds. The maximum absolute atomic E-state index is 6.36. The fourth-order valence-electron chi connectivity index (χ4n) is 13.2. The van der Waals surface area contributed by atoms with Crippen molar-refractivity contribution in [2.75, 3.05) is 9.80 Å². The maximum atomic E-state index is 6.36. The van der Waals surface area contributed by atoms with Crippen LogP contribution in [0.4, 0.5) is 34.1 Å². The Morgan fingerprint density at radius 3 is 1.23 bits per heavy atom. The number of furan rings is 2. The van der Waals surface area contributed by atoms with Crippen molar-refractivity contribution in [3.8, 4) is 33.4 Å². The molecule has 0 saturated carbocycles. The van der Waals surface area contributed by atoms with Crippen LogP contribution < -0.4 is 9.80 Å². The number of nitrogens with zero attached hydrogens (tertiary/aromatic N) is 2. The van der Waals surface area contributed by atoms with Crippen molar-refractivity contribution in [2.45, 2.75) is 5.41 Å². The lowest BCUT2D eigenvalue weighted by molar-refractivity contribution is 0.668. The van der Waals surface area contributed by atoms with Gasteiger partial charge in [-0.05, 0) is 141 Å². The first-order chi connectivity index (χ1) is 40.2. The van der Waals surface area contributed by atoms with Gasteiger partial charge in [0.2, 0.25) is 0 Å². The highest BCUT2D eigenvalue weighted by molar-refractivity contribution is 6.13. The van der Waals surface area contributed by atoms with Gasteiger partial charge in [0.15, 0.2) is 0 Å². The van der Waals surface area contributed by atoms with E-state index in [4.69, 9.17) is 8.83 Å². The molecule has 0 aliphatic heterocycles. The van der Waals surface area contributed by atoms with E-state index in [2.05, 4.69) is 289 Å². The van der Waals surface area contributed by atoms with Crippen molar-refractivity contribution in [3.05, 3.63) is 326 Å². The van der Waals surface area contributed by atoms with E-state index in [1.165, 1.54) is 38.8 Å². The molecule has 0 bridgehead atoms. The minimum atomic E-state index is -0.771. The second-order valence-corrected chi connectivity index (χ2v) is 21.1. The molecular weight excluding hydrogens is 985 g/mol. The van der Waals surface area contributed by atoms with Gasteiger partial charge in [-0.2, -0.15) is 0 Å². The van der Waals surface area contributed by atoms with E-state index in [0.717, 1.165) is 106 Å². The molecule has 0 spiro atoms. The van der Waals surface area contributed by atoms with Crippen molar-refractivity contribution >= 4 is 88.8 Å². The van der Waals surface area contributed by atoms with Gasteiger partial charge in [-0.15, -0.1) is 0 Å². The lowest BCUT2D eigenvalue weighted by atomic mass is 9.67. The summed E-state index contributed by atoms with van der Waals surface area (Å²) >= 11 is 0. The van der Waals surface area contributed by atoms with Crippen LogP contribution in [-0.4, -0.2) is 0 Å². The molecule has 380 valence electrons. The molecule has 1 aliphatic carbocycles. The van der Waals surface area contributed by atoms with Gasteiger partial charge in [-0.1, -0.05) is 212 Å². The Kier molecular flexibility index (Phi) is 10.8. The zero-order valence-corrected chi connectivity index (χ0v) is 44.1. The van der Waals surface area contributed by atoms with Crippen molar-refractivity contribution in [3.63, 3.8) is 0 Å². The topological polar surface area (TPSA) is 32.8 Å². The monoisotopic (exact) mass is 1030 g/mol. The van der Waals surface area contributed by atoms with Crippen LogP contribution in [0.1, 0.15) is 22.3 Å².